The van der Waals surface area contributed by atoms with Gasteiger partial charge in [-0.2, -0.15) is 0 Å². The summed E-state index contributed by atoms with van der Waals surface area (Å²) < 4.78 is 6.05. The summed E-state index contributed by atoms with van der Waals surface area (Å²) in [6, 6.07) is 38.7. The fraction of sp³-hybridized carbons (Fsp3) is 0.0278. The van der Waals surface area contributed by atoms with Crippen LogP contribution in [0, 0.1) is 0 Å². The van der Waals surface area contributed by atoms with Crippen molar-refractivity contribution in [3.63, 3.8) is 0 Å². The number of fused-ring (bicyclic) bond motifs is 15. The lowest BCUT2D eigenvalue weighted by Crippen LogP contribution is -2.06. The highest BCUT2D eigenvalue weighted by Crippen LogP contribution is 2.48. The van der Waals surface area contributed by atoms with E-state index in [1.807, 2.05) is 6.07 Å². The third-order valence-corrected chi connectivity index (χ3v) is 8.47. The van der Waals surface area contributed by atoms with Gasteiger partial charge < -0.3 is 4.42 Å². The molecule has 38 heavy (non-hydrogen) atoms. The lowest BCUT2D eigenvalue weighted by molar-refractivity contribution is 0.555. The molecule has 0 atom stereocenters. The van der Waals surface area contributed by atoms with Gasteiger partial charge in [0.25, 0.3) is 0 Å². The topological polar surface area (TPSA) is 30.2 Å². The Morgan fingerprint density at radius 3 is 1.76 bits per heavy atom. The minimum Gasteiger partial charge on any atom is -0.422 e. The van der Waals surface area contributed by atoms with E-state index in [2.05, 4.69) is 103 Å². The second kappa shape index (κ2) is 7.08. The number of rotatable bonds is 0. The molecule has 1 aliphatic rings. The summed E-state index contributed by atoms with van der Waals surface area (Å²) >= 11 is 0. The van der Waals surface area contributed by atoms with Crippen LogP contribution < -0.4 is 5.63 Å². The molecule has 0 fully saturated rings. The van der Waals surface area contributed by atoms with Gasteiger partial charge in [-0.25, -0.2) is 4.79 Å². The van der Waals surface area contributed by atoms with Crippen LogP contribution in [0.4, 0.5) is 0 Å². The molecule has 0 saturated heterocycles. The Kier molecular flexibility index (Phi) is 3.76. The number of hydrogen-bond donors (Lipinski definition) is 0. The van der Waals surface area contributed by atoms with Crippen molar-refractivity contribution in [1.29, 1.82) is 0 Å². The largest absolute Gasteiger partial charge is 0.422 e. The quantitative estimate of drug-likeness (QED) is 0.159. The van der Waals surface area contributed by atoms with E-state index in [9.17, 15) is 4.79 Å². The second-order valence-electron chi connectivity index (χ2n) is 10.4. The first-order valence-corrected chi connectivity index (χ1v) is 13.0. The molecule has 1 heterocycles. The molecule has 1 aliphatic carbocycles. The monoisotopic (exact) mass is 484 g/mol. The summed E-state index contributed by atoms with van der Waals surface area (Å²) in [4.78, 5) is 13.4. The first-order valence-electron chi connectivity index (χ1n) is 13.0. The Balaban J connectivity index is 1.60. The molecular formula is C36H20O2. The summed E-state index contributed by atoms with van der Waals surface area (Å²) in [7, 11) is 0. The average Bonchev–Trinajstić information content (AvgIpc) is 3.37. The minimum absolute atomic E-state index is 0.235. The molecule has 0 amide bonds. The molecule has 176 valence electrons. The lowest BCUT2D eigenvalue weighted by atomic mass is 9.89. The number of hydrogen-bond acceptors (Lipinski definition) is 2. The van der Waals surface area contributed by atoms with E-state index in [4.69, 9.17) is 4.42 Å². The van der Waals surface area contributed by atoms with E-state index >= 15 is 0 Å². The molecule has 0 unspecified atom stereocenters. The molecule has 0 spiro atoms. The smallest absolute Gasteiger partial charge is 0.340 e. The van der Waals surface area contributed by atoms with Crippen LogP contribution in [0.3, 0.4) is 0 Å². The lowest BCUT2D eigenvalue weighted by Gasteiger charge is -2.15. The fourth-order valence-electron chi connectivity index (χ4n) is 6.84. The van der Waals surface area contributed by atoms with Crippen LogP contribution in [0.1, 0.15) is 11.1 Å². The molecular weight excluding hydrogens is 464 g/mol. The van der Waals surface area contributed by atoms with Gasteiger partial charge in [0.05, 0.1) is 5.56 Å². The third-order valence-electron chi connectivity index (χ3n) is 8.47. The second-order valence-corrected chi connectivity index (χ2v) is 10.4. The van der Waals surface area contributed by atoms with E-state index in [-0.39, 0.29) is 5.63 Å². The maximum atomic E-state index is 13.4. The zero-order valence-corrected chi connectivity index (χ0v) is 20.4. The predicted octanol–water partition coefficient (Wildman–Crippen LogP) is 9.13. The Labute approximate surface area is 217 Å². The highest BCUT2D eigenvalue weighted by atomic mass is 16.4. The van der Waals surface area contributed by atoms with Crippen molar-refractivity contribution in [3.8, 4) is 11.1 Å². The summed E-state index contributed by atoms with van der Waals surface area (Å²) in [6.45, 7) is 0. The maximum absolute atomic E-state index is 13.4. The zero-order chi connectivity index (χ0) is 25.0. The van der Waals surface area contributed by atoms with Crippen molar-refractivity contribution in [1.82, 2.24) is 0 Å². The zero-order valence-electron chi connectivity index (χ0n) is 20.4. The van der Waals surface area contributed by atoms with Gasteiger partial charge in [0.2, 0.25) is 0 Å². The van der Waals surface area contributed by atoms with Crippen LogP contribution in [-0.4, -0.2) is 0 Å². The molecule has 2 nitrogen and oxygen atoms in total. The minimum atomic E-state index is -0.235. The van der Waals surface area contributed by atoms with Crippen LogP contribution in [0.15, 0.2) is 118 Å². The van der Waals surface area contributed by atoms with Gasteiger partial charge in [-0.15, -0.1) is 0 Å². The Morgan fingerprint density at radius 2 is 1.03 bits per heavy atom. The Morgan fingerprint density at radius 1 is 0.474 bits per heavy atom. The molecule has 0 N–H and O–H groups in total. The first kappa shape index (κ1) is 20.1. The van der Waals surface area contributed by atoms with E-state index < -0.39 is 0 Å². The van der Waals surface area contributed by atoms with Crippen LogP contribution in [0.25, 0.3) is 76.0 Å². The molecule has 7 aromatic carbocycles. The normalized spacial score (nSPS) is 12.7. The molecule has 0 aliphatic heterocycles. The summed E-state index contributed by atoms with van der Waals surface area (Å²) in [5.41, 5.74) is 4.58. The van der Waals surface area contributed by atoms with Crippen molar-refractivity contribution in [3.05, 3.63) is 131 Å². The van der Waals surface area contributed by atoms with Gasteiger partial charge in [0, 0.05) is 22.8 Å². The van der Waals surface area contributed by atoms with Crippen LogP contribution in [0.5, 0.6) is 0 Å². The molecule has 2 heteroatoms. The standard InChI is InChI=1S/C36H20O2/c37-36-28-19-25-16-15-23-12-10-21-6-2-4-8-27(21)31(23)33(25)34(28)35-29(38-36)18-17-24-14-13-22-11-9-20-5-1-3-7-26(20)30(22)32(24)35/h1-18H,19H2. The van der Waals surface area contributed by atoms with Crippen molar-refractivity contribution < 1.29 is 4.42 Å². The fourth-order valence-corrected chi connectivity index (χ4v) is 6.84. The third kappa shape index (κ3) is 2.49. The SMILES string of the molecule is O=c1oc2ccc3ccc4ccc5ccccc5c4c3c2c2c1Cc1ccc3ccc4ccccc4c3c1-2. The van der Waals surface area contributed by atoms with E-state index in [1.54, 1.807) is 0 Å². The van der Waals surface area contributed by atoms with Crippen LogP contribution in [0.2, 0.25) is 0 Å². The first-order chi connectivity index (χ1) is 18.8. The molecule has 0 saturated carbocycles. The molecule has 0 bridgehead atoms. The molecule has 9 rings (SSSR count). The summed E-state index contributed by atoms with van der Waals surface area (Å²) in [6.07, 6.45) is 0.587. The van der Waals surface area contributed by atoms with E-state index in [1.165, 1.54) is 54.2 Å². The Bertz CT molecular complexity index is 2390. The van der Waals surface area contributed by atoms with Crippen molar-refractivity contribution >= 4 is 64.8 Å². The van der Waals surface area contributed by atoms with E-state index in [0.717, 1.165) is 27.3 Å². The van der Waals surface area contributed by atoms with Crippen molar-refractivity contribution in [2.75, 3.05) is 0 Å². The highest BCUT2D eigenvalue weighted by molar-refractivity contribution is 6.31. The van der Waals surface area contributed by atoms with Crippen LogP contribution >= 0.6 is 0 Å². The van der Waals surface area contributed by atoms with Gasteiger partial charge in [-0.1, -0.05) is 103 Å². The summed E-state index contributed by atoms with van der Waals surface area (Å²) in [5.74, 6) is 0. The Hall–Kier alpha value is -4.95. The van der Waals surface area contributed by atoms with Gasteiger partial charge in [-0.3, -0.25) is 0 Å². The highest BCUT2D eigenvalue weighted by Gasteiger charge is 2.29. The van der Waals surface area contributed by atoms with Crippen molar-refractivity contribution in [2.24, 2.45) is 0 Å². The van der Waals surface area contributed by atoms with Crippen molar-refractivity contribution in [2.45, 2.75) is 6.42 Å². The predicted molar refractivity (Wildman–Crippen MR) is 158 cm³/mol. The summed E-state index contributed by atoms with van der Waals surface area (Å²) in [5, 5.41) is 13.0. The van der Waals surface area contributed by atoms with E-state index in [0.29, 0.717) is 12.0 Å². The van der Waals surface area contributed by atoms with Gasteiger partial charge in [0.15, 0.2) is 0 Å². The average molecular weight is 485 g/mol. The maximum Gasteiger partial charge on any atom is 0.340 e. The van der Waals surface area contributed by atoms with Gasteiger partial charge in [0.1, 0.15) is 5.58 Å². The number of benzene rings is 7. The van der Waals surface area contributed by atoms with Gasteiger partial charge >= 0.3 is 5.63 Å². The molecule has 8 aromatic rings. The molecule has 0 radical (unpaired) electrons. The van der Waals surface area contributed by atoms with Gasteiger partial charge in [-0.05, 0) is 65.7 Å². The van der Waals surface area contributed by atoms with Crippen LogP contribution in [-0.2, 0) is 6.42 Å². The molecule has 1 aromatic heterocycles.